The maximum atomic E-state index is 11.7. The normalized spacial score (nSPS) is 11.9. The molecule has 0 bridgehead atoms. The zero-order valence-electron chi connectivity index (χ0n) is 11.5. The van der Waals surface area contributed by atoms with E-state index >= 15 is 0 Å². The zero-order chi connectivity index (χ0) is 14.4. The van der Waals surface area contributed by atoms with Crippen molar-refractivity contribution in [2.24, 2.45) is 7.05 Å². The van der Waals surface area contributed by atoms with E-state index in [1.807, 2.05) is 25.2 Å². The van der Waals surface area contributed by atoms with Gasteiger partial charge in [0.25, 0.3) is 0 Å². The number of anilines is 1. The summed E-state index contributed by atoms with van der Waals surface area (Å²) in [4.78, 5) is 12.9. The smallest absolute Gasteiger partial charge is 0.320 e. The molecule has 2 N–H and O–H groups in total. The fourth-order valence-electron chi connectivity index (χ4n) is 1.65. The second kappa shape index (κ2) is 7.00. The highest BCUT2D eigenvalue weighted by Crippen LogP contribution is 2.21. The molecule has 2 amide bonds. The van der Waals surface area contributed by atoms with Crippen LogP contribution in [0.1, 0.15) is 6.92 Å². The van der Waals surface area contributed by atoms with Crippen molar-refractivity contribution in [2.45, 2.75) is 17.1 Å². The van der Waals surface area contributed by atoms with Crippen molar-refractivity contribution in [1.82, 2.24) is 15.1 Å². The van der Waals surface area contributed by atoms with Gasteiger partial charge in [0.05, 0.1) is 0 Å². The average molecular weight is 290 g/mol. The van der Waals surface area contributed by atoms with E-state index < -0.39 is 0 Å². The lowest BCUT2D eigenvalue weighted by molar-refractivity contribution is 0.252. The summed E-state index contributed by atoms with van der Waals surface area (Å²) in [5, 5.41) is 9.91. The van der Waals surface area contributed by atoms with E-state index in [9.17, 15) is 4.79 Å². The van der Waals surface area contributed by atoms with E-state index in [2.05, 4.69) is 34.8 Å². The fraction of sp³-hybridized carbons (Fsp3) is 0.286. The first-order chi connectivity index (χ1) is 9.63. The highest BCUT2D eigenvalue weighted by molar-refractivity contribution is 8.00. The molecule has 0 saturated heterocycles. The van der Waals surface area contributed by atoms with Gasteiger partial charge in [0.1, 0.15) is 0 Å². The Morgan fingerprint density at radius 1 is 1.35 bits per heavy atom. The summed E-state index contributed by atoms with van der Waals surface area (Å²) in [6.07, 6.45) is 1.78. The molecule has 1 atom stereocenters. The standard InChI is InChI=1S/C14H18N4OS/c1-11(20-12-6-4-3-5-7-12)10-15-14(19)16-13-8-9-18(2)17-13/h3-9,11H,10H2,1-2H3,(H2,15,16,17,19)/t11-/m0/s1. The maximum Gasteiger partial charge on any atom is 0.320 e. The van der Waals surface area contributed by atoms with Crippen LogP contribution in [0.5, 0.6) is 0 Å². The number of nitrogens with zero attached hydrogens (tertiary/aromatic N) is 2. The Morgan fingerprint density at radius 2 is 2.10 bits per heavy atom. The van der Waals surface area contributed by atoms with E-state index in [0.29, 0.717) is 17.6 Å². The Balaban J connectivity index is 1.73. The Labute approximate surface area is 122 Å². The van der Waals surface area contributed by atoms with Crippen LogP contribution in [-0.2, 0) is 7.05 Å². The molecule has 20 heavy (non-hydrogen) atoms. The molecule has 0 radical (unpaired) electrons. The van der Waals surface area contributed by atoms with Crippen LogP contribution < -0.4 is 10.6 Å². The Hall–Kier alpha value is -1.95. The number of urea groups is 1. The third-order valence-electron chi connectivity index (χ3n) is 2.59. The molecule has 2 aromatic rings. The first kappa shape index (κ1) is 14.5. The number of thioether (sulfide) groups is 1. The Kier molecular flexibility index (Phi) is 5.06. The van der Waals surface area contributed by atoms with Gasteiger partial charge >= 0.3 is 6.03 Å². The summed E-state index contributed by atoms with van der Waals surface area (Å²) in [6, 6.07) is 11.7. The Morgan fingerprint density at radius 3 is 2.75 bits per heavy atom. The van der Waals surface area contributed by atoms with Crippen molar-refractivity contribution in [2.75, 3.05) is 11.9 Å². The molecule has 106 valence electrons. The number of hydrogen-bond donors (Lipinski definition) is 2. The van der Waals surface area contributed by atoms with Crippen LogP contribution in [0, 0.1) is 0 Å². The number of carbonyl (C=O) groups excluding carboxylic acids is 1. The first-order valence-corrected chi connectivity index (χ1v) is 7.27. The molecular weight excluding hydrogens is 272 g/mol. The van der Waals surface area contributed by atoms with E-state index in [4.69, 9.17) is 0 Å². The van der Waals surface area contributed by atoms with Gasteiger partial charge in [0, 0.05) is 36.0 Å². The number of aryl methyl sites for hydroxylation is 1. The van der Waals surface area contributed by atoms with Crippen LogP contribution in [0.15, 0.2) is 47.5 Å². The van der Waals surface area contributed by atoms with Crippen molar-refractivity contribution in [3.63, 3.8) is 0 Å². The van der Waals surface area contributed by atoms with E-state index in [1.165, 1.54) is 4.90 Å². The molecule has 0 aliphatic carbocycles. The van der Waals surface area contributed by atoms with Crippen LogP contribution in [0.2, 0.25) is 0 Å². The van der Waals surface area contributed by atoms with Crippen molar-refractivity contribution >= 4 is 23.6 Å². The van der Waals surface area contributed by atoms with Crippen molar-refractivity contribution < 1.29 is 4.79 Å². The van der Waals surface area contributed by atoms with Gasteiger partial charge in [0.15, 0.2) is 5.82 Å². The van der Waals surface area contributed by atoms with E-state index in [0.717, 1.165) is 0 Å². The molecule has 1 heterocycles. The second-order valence-electron chi connectivity index (χ2n) is 4.45. The van der Waals surface area contributed by atoms with Crippen LogP contribution in [-0.4, -0.2) is 27.6 Å². The van der Waals surface area contributed by atoms with Gasteiger partial charge < -0.3 is 5.32 Å². The SMILES string of the molecule is C[C@@H](CNC(=O)Nc1ccn(C)n1)Sc1ccccc1. The number of aromatic nitrogens is 2. The lowest BCUT2D eigenvalue weighted by Crippen LogP contribution is -2.33. The largest absolute Gasteiger partial charge is 0.337 e. The summed E-state index contributed by atoms with van der Waals surface area (Å²) in [5.74, 6) is 0.549. The second-order valence-corrected chi connectivity index (χ2v) is 5.96. The number of carbonyl (C=O) groups is 1. The predicted octanol–water partition coefficient (Wildman–Crippen LogP) is 2.72. The van der Waals surface area contributed by atoms with Gasteiger partial charge in [0.2, 0.25) is 0 Å². The predicted molar refractivity (Wildman–Crippen MR) is 82.0 cm³/mol. The lowest BCUT2D eigenvalue weighted by Gasteiger charge is -2.12. The van der Waals surface area contributed by atoms with E-state index in [1.54, 1.807) is 28.7 Å². The molecule has 1 aromatic heterocycles. The van der Waals surface area contributed by atoms with Crippen molar-refractivity contribution in [1.29, 1.82) is 0 Å². The van der Waals surface area contributed by atoms with Crippen LogP contribution in [0.3, 0.4) is 0 Å². The molecule has 0 aliphatic rings. The van der Waals surface area contributed by atoms with Gasteiger partial charge in [-0.2, -0.15) is 5.10 Å². The van der Waals surface area contributed by atoms with Gasteiger partial charge in [-0.1, -0.05) is 25.1 Å². The number of benzene rings is 1. The number of hydrogen-bond acceptors (Lipinski definition) is 3. The van der Waals surface area contributed by atoms with Crippen LogP contribution in [0.4, 0.5) is 10.6 Å². The van der Waals surface area contributed by atoms with Crippen LogP contribution in [0.25, 0.3) is 0 Å². The molecule has 1 aromatic carbocycles. The van der Waals surface area contributed by atoms with Gasteiger partial charge in [-0.25, -0.2) is 4.79 Å². The van der Waals surface area contributed by atoms with Gasteiger partial charge in [-0.05, 0) is 12.1 Å². The maximum absolute atomic E-state index is 11.7. The fourth-order valence-corrected chi connectivity index (χ4v) is 2.60. The third-order valence-corrected chi connectivity index (χ3v) is 3.70. The first-order valence-electron chi connectivity index (χ1n) is 6.39. The molecule has 0 spiro atoms. The molecule has 0 fully saturated rings. The highest BCUT2D eigenvalue weighted by atomic mass is 32.2. The quantitative estimate of drug-likeness (QED) is 0.832. The van der Waals surface area contributed by atoms with Gasteiger partial charge in [-0.3, -0.25) is 10.00 Å². The van der Waals surface area contributed by atoms with Crippen molar-refractivity contribution in [3.8, 4) is 0 Å². The molecule has 2 rings (SSSR count). The Bertz CT molecular complexity index is 555. The molecule has 0 aliphatic heterocycles. The van der Waals surface area contributed by atoms with Crippen LogP contribution >= 0.6 is 11.8 Å². The zero-order valence-corrected chi connectivity index (χ0v) is 12.4. The minimum absolute atomic E-state index is 0.232. The monoisotopic (exact) mass is 290 g/mol. The van der Waals surface area contributed by atoms with E-state index in [-0.39, 0.29) is 6.03 Å². The molecule has 0 unspecified atom stereocenters. The number of amides is 2. The average Bonchev–Trinajstić information content (AvgIpc) is 2.83. The minimum Gasteiger partial charge on any atom is -0.337 e. The molecular formula is C14H18N4OS. The summed E-state index contributed by atoms with van der Waals surface area (Å²) in [7, 11) is 1.81. The van der Waals surface area contributed by atoms with Crippen molar-refractivity contribution in [3.05, 3.63) is 42.6 Å². The summed E-state index contributed by atoms with van der Waals surface area (Å²) < 4.78 is 1.64. The number of rotatable bonds is 5. The van der Waals surface area contributed by atoms with Gasteiger partial charge in [-0.15, -0.1) is 11.8 Å². The summed E-state index contributed by atoms with van der Waals surface area (Å²) in [6.45, 7) is 2.68. The minimum atomic E-state index is -0.232. The molecule has 0 saturated carbocycles. The third kappa shape index (κ3) is 4.62. The molecule has 5 nitrogen and oxygen atoms in total. The highest BCUT2D eigenvalue weighted by Gasteiger charge is 2.08. The summed E-state index contributed by atoms with van der Waals surface area (Å²) in [5.41, 5.74) is 0. The number of nitrogens with one attached hydrogen (secondary N) is 2. The summed E-state index contributed by atoms with van der Waals surface area (Å²) >= 11 is 1.73. The lowest BCUT2D eigenvalue weighted by atomic mass is 10.4. The topological polar surface area (TPSA) is 59.0 Å². The molecule has 6 heteroatoms.